The maximum Gasteiger partial charge on any atom is 0.243 e. The zero-order valence-corrected chi connectivity index (χ0v) is 10.4. The first-order valence-electron chi connectivity index (χ1n) is 5.79. The highest BCUT2D eigenvalue weighted by Crippen LogP contribution is 2.10. The molecular formula is C13H20N2O2. The lowest BCUT2D eigenvalue weighted by atomic mass is 9.95. The summed E-state index contributed by atoms with van der Waals surface area (Å²) in [4.78, 5) is 11.2. The van der Waals surface area contributed by atoms with Gasteiger partial charge in [0.2, 0.25) is 5.91 Å². The average Bonchev–Trinajstić information content (AvgIpc) is 2.26. The molecule has 0 spiro atoms. The Morgan fingerprint density at radius 2 is 2.29 bits per heavy atom. The molecule has 1 amide bonds. The minimum absolute atomic E-state index is 0.0790. The molecule has 94 valence electrons. The van der Waals surface area contributed by atoms with Crippen molar-refractivity contribution in [1.29, 1.82) is 0 Å². The summed E-state index contributed by atoms with van der Waals surface area (Å²) in [7, 11) is 0. The van der Waals surface area contributed by atoms with Crippen LogP contribution in [0.2, 0.25) is 0 Å². The van der Waals surface area contributed by atoms with Crippen molar-refractivity contribution in [3.05, 3.63) is 12.7 Å². The molecule has 2 atom stereocenters. The normalized spacial score (nSPS) is 24.4. The molecule has 17 heavy (non-hydrogen) atoms. The lowest BCUT2D eigenvalue weighted by Gasteiger charge is -2.27. The van der Waals surface area contributed by atoms with Crippen LogP contribution in [0.5, 0.6) is 0 Å². The second-order valence-corrected chi connectivity index (χ2v) is 4.83. The Bertz CT molecular complexity index is 347. The van der Waals surface area contributed by atoms with Crippen LogP contribution in [-0.4, -0.2) is 35.7 Å². The molecule has 1 fully saturated rings. The molecule has 4 nitrogen and oxygen atoms in total. The SMILES string of the molecule is C=CC(=O)N[C@@H]1CNC[C@H](C#CC(C)(C)O)C1. The van der Waals surface area contributed by atoms with Crippen LogP contribution in [0.1, 0.15) is 20.3 Å². The van der Waals surface area contributed by atoms with Gasteiger partial charge in [-0.15, -0.1) is 0 Å². The van der Waals surface area contributed by atoms with Crippen molar-refractivity contribution in [2.75, 3.05) is 13.1 Å². The minimum Gasteiger partial charge on any atom is -0.378 e. The third-order valence-electron chi connectivity index (χ3n) is 2.46. The molecule has 1 aliphatic heterocycles. The molecular weight excluding hydrogens is 216 g/mol. The van der Waals surface area contributed by atoms with Crippen LogP contribution in [0.25, 0.3) is 0 Å². The Morgan fingerprint density at radius 1 is 1.59 bits per heavy atom. The number of carbonyl (C=O) groups excluding carboxylic acids is 1. The number of piperidine rings is 1. The Balaban J connectivity index is 2.51. The molecule has 3 N–H and O–H groups in total. The minimum atomic E-state index is -0.961. The van der Waals surface area contributed by atoms with E-state index >= 15 is 0 Å². The third kappa shape index (κ3) is 5.53. The number of carbonyl (C=O) groups is 1. The number of rotatable bonds is 2. The third-order valence-corrected chi connectivity index (χ3v) is 2.46. The van der Waals surface area contributed by atoms with Gasteiger partial charge in [0.1, 0.15) is 5.60 Å². The lowest BCUT2D eigenvalue weighted by Crippen LogP contribution is -2.48. The van der Waals surface area contributed by atoms with E-state index < -0.39 is 5.60 Å². The van der Waals surface area contributed by atoms with Crippen molar-refractivity contribution < 1.29 is 9.90 Å². The van der Waals surface area contributed by atoms with E-state index in [4.69, 9.17) is 0 Å². The summed E-state index contributed by atoms with van der Waals surface area (Å²) in [5.74, 6) is 5.85. The largest absolute Gasteiger partial charge is 0.378 e. The quantitative estimate of drug-likeness (QED) is 0.469. The van der Waals surface area contributed by atoms with Crippen LogP contribution >= 0.6 is 0 Å². The first-order chi connectivity index (χ1) is 7.90. The van der Waals surface area contributed by atoms with E-state index in [1.807, 2.05) is 0 Å². The summed E-state index contributed by atoms with van der Waals surface area (Å²) in [6.45, 7) is 8.29. The van der Waals surface area contributed by atoms with Gasteiger partial charge in [0.15, 0.2) is 0 Å². The summed E-state index contributed by atoms with van der Waals surface area (Å²) >= 11 is 0. The Morgan fingerprint density at radius 3 is 2.88 bits per heavy atom. The molecule has 0 aromatic heterocycles. The fraction of sp³-hybridized carbons (Fsp3) is 0.615. The summed E-state index contributed by atoms with van der Waals surface area (Å²) in [5, 5.41) is 15.6. The van der Waals surface area contributed by atoms with Crippen LogP contribution < -0.4 is 10.6 Å². The van der Waals surface area contributed by atoms with Crippen molar-refractivity contribution in [2.45, 2.75) is 31.9 Å². The topological polar surface area (TPSA) is 61.4 Å². The van der Waals surface area contributed by atoms with Crippen molar-refractivity contribution in [3.8, 4) is 11.8 Å². The Labute approximate surface area is 102 Å². The van der Waals surface area contributed by atoms with Crippen molar-refractivity contribution in [3.63, 3.8) is 0 Å². The van der Waals surface area contributed by atoms with Crippen molar-refractivity contribution >= 4 is 5.91 Å². The molecule has 4 heteroatoms. The molecule has 1 rings (SSSR count). The molecule has 1 heterocycles. The fourth-order valence-corrected chi connectivity index (χ4v) is 1.70. The van der Waals surface area contributed by atoms with Gasteiger partial charge in [-0.2, -0.15) is 0 Å². The fourth-order valence-electron chi connectivity index (χ4n) is 1.70. The maximum absolute atomic E-state index is 11.2. The van der Waals surface area contributed by atoms with E-state index in [0.717, 1.165) is 19.5 Å². The van der Waals surface area contributed by atoms with Gasteiger partial charge in [-0.1, -0.05) is 18.4 Å². The molecule has 0 bridgehead atoms. The van der Waals surface area contributed by atoms with E-state index in [1.165, 1.54) is 6.08 Å². The molecule has 0 radical (unpaired) electrons. The summed E-state index contributed by atoms with van der Waals surface area (Å²) in [6, 6.07) is 0.0790. The second kappa shape index (κ2) is 5.85. The molecule has 0 aliphatic carbocycles. The number of hydrogen-bond donors (Lipinski definition) is 3. The number of aliphatic hydroxyl groups is 1. The van der Waals surface area contributed by atoms with E-state index in [2.05, 4.69) is 29.1 Å². The van der Waals surface area contributed by atoms with Gasteiger partial charge >= 0.3 is 0 Å². The van der Waals surface area contributed by atoms with Crippen LogP contribution in [0, 0.1) is 17.8 Å². The molecule has 1 saturated heterocycles. The van der Waals surface area contributed by atoms with Gasteiger partial charge in [0.25, 0.3) is 0 Å². The molecule has 0 aromatic rings. The first kappa shape index (κ1) is 13.8. The van der Waals surface area contributed by atoms with Gasteiger partial charge in [-0.25, -0.2) is 0 Å². The average molecular weight is 236 g/mol. The maximum atomic E-state index is 11.2. The van der Waals surface area contributed by atoms with E-state index in [9.17, 15) is 9.90 Å². The summed E-state index contributed by atoms with van der Waals surface area (Å²) < 4.78 is 0. The first-order valence-corrected chi connectivity index (χ1v) is 5.79. The van der Waals surface area contributed by atoms with Crippen LogP contribution in [0.4, 0.5) is 0 Å². The zero-order chi connectivity index (χ0) is 12.9. The highest BCUT2D eigenvalue weighted by atomic mass is 16.3. The highest BCUT2D eigenvalue weighted by molar-refractivity contribution is 5.87. The standard InChI is InChI=1S/C13H20N2O2/c1-4-12(16)15-11-7-10(8-14-9-11)5-6-13(2,3)17/h4,10-11,14,17H,1,7-9H2,2-3H3,(H,15,16)/t10-,11+/m1/s1. The predicted octanol–water partition coefficient (Wildman–Crippen LogP) is 0.0410. The van der Waals surface area contributed by atoms with Crippen molar-refractivity contribution in [2.24, 2.45) is 5.92 Å². The number of nitrogens with one attached hydrogen (secondary N) is 2. The summed E-state index contributed by atoms with van der Waals surface area (Å²) in [6.07, 6.45) is 2.07. The second-order valence-electron chi connectivity index (χ2n) is 4.83. The van der Waals surface area contributed by atoms with Gasteiger partial charge in [0, 0.05) is 25.0 Å². The number of amides is 1. The van der Waals surface area contributed by atoms with Crippen LogP contribution in [0.15, 0.2) is 12.7 Å². The number of hydrogen-bond acceptors (Lipinski definition) is 3. The van der Waals surface area contributed by atoms with Gasteiger partial charge in [0.05, 0.1) is 0 Å². The Kier molecular flexibility index (Phi) is 4.73. The zero-order valence-electron chi connectivity index (χ0n) is 10.4. The molecule has 0 saturated carbocycles. The van der Waals surface area contributed by atoms with E-state index in [0.29, 0.717) is 0 Å². The smallest absolute Gasteiger partial charge is 0.243 e. The van der Waals surface area contributed by atoms with Gasteiger partial charge < -0.3 is 15.7 Å². The molecule has 0 aromatic carbocycles. The van der Waals surface area contributed by atoms with Crippen LogP contribution in [-0.2, 0) is 4.79 Å². The lowest BCUT2D eigenvalue weighted by molar-refractivity contribution is -0.117. The van der Waals surface area contributed by atoms with E-state index in [1.54, 1.807) is 13.8 Å². The Hall–Kier alpha value is -1.31. The van der Waals surface area contributed by atoms with Crippen LogP contribution in [0.3, 0.4) is 0 Å². The van der Waals surface area contributed by atoms with Gasteiger partial charge in [-0.05, 0) is 26.3 Å². The predicted molar refractivity (Wildman–Crippen MR) is 67.2 cm³/mol. The molecule has 0 unspecified atom stereocenters. The highest BCUT2D eigenvalue weighted by Gasteiger charge is 2.21. The monoisotopic (exact) mass is 236 g/mol. The summed E-state index contributed by atoms with van der Waals surface area (Å²) in [5.41, 5.74) is -0.961. The molecule has 1 aliphatic rings. The van der Waals surface area contributed by atoms with Gasteiger partial charge in [-0.3, -0.25) is 4.79 Å². The van der Waals surface area contributed by atoms with E-state index in [-0.39, 0.29) is 17.9 Å². The van der Waals surface area contributed by atoms with Crippen molar-refractivity contribution in [1.82, 2.24) is 10.6 Å².